The van der Waals surface area contributed by atoms with Crippen molar-refractivity contribution in [3.05, 3.63) is 24.3 Å². The summed E-state index contributed by atoms with van der Waals surface area (Å²) in [7, 11) is 0. The van der Waals surface area contributed by atoms with E-state index in [1.807, 2.05) is 12.3 Å². The molecule has 0 spiro atoms. The van der Waals surface area contributed by atoms with Crippen LogP contribution in [0.2, 0.25) is 0 Å². The molecule has 20 heavy (non-hydrogen) atoms. The maximum Gasteiger partial charge on any atom is 0.573 e. The minimum atomic E-state index is -4.74. The molecule has 0 aliphatic rings. The molecule has 1 amide bonds. The third-order valence-corrected chi connectivity index (χ3v) is 2.32. The first-order valence-corrected chi connectivity index (χ1v) is 5.88. The molecule has 3 N–H and O–H groups in total. The lowest BCUT2D eigenvalue weighted by atomic mass is 10.2. The molecule has 0 saturated carbocycles. The summed E-state index contributed by atoms with van der Waals surface area (Å²) in [6.45, 7) is 1.86. The zero-order valence-corrected chi connectivity index (χ0v) is 10.7. The third-order valence-electron chi connectivity index (χ3n) is 2.32. The van der Waals surface area contributed by atoms with E-state index < -0.39 is 18.4 Å². The van der Waals surface area contributed by atoms with Gasteiger partial charge >= 0.3 is 6.36 Å². The topological polar surface area (TPSA) is 73.6 Å². The van der Waals surface area contributed by atoms with Crippen LogP contribution in [0, 0.1) is 0 Å². The highest BCUT2D eigenvalue weighted by atomic mass is 19.4. The smallest absolute Gasteiger partial charge is 0.481 e. The summed E-state index contributed by atoms with van der Waals surface area (Å²) in [4.78, 5) is 11.4. The Kier molecular flexibility index (Phi) is 5.63. The molecule has 112 valence electrons. The number of nitrogens with one attached hydrogen (secondary N) is 1. The minimum Gasteiger partial charge on any atom is -0.481 e. The Labute approximate surface area is 113 Å². The number of nitrogens with two attached hydrogens (primary N) is 1. The van der Waals surface area contributed by atoms with Crippen molar-refractivity contribution in [1.82, 2.24) is 5.43 Å². The number of carbonyl (C=O) groups excluding carboxylic acids is 1. The molecular formula is C12H15F3N2O3. The van der Waals surface area contributed by atoms with Gasteiger partial charge in [-0.3, -0.25) is 10.2 Å². The Balaban J connectivity index is 2.70. The molecule has 0 fully saturated rings. The monoisotopic (exact) mass is 292 g/mol. The predicted molar refractivity (Wildman–Crippen MR) is 64.8 cm³/mol. The Morgan fingerprint density at radius 2 is 1.85 bits per heavy atom. The van der Waals surface area contributed by atoms with E-state index in [4.69, 9.17) is 10.6 Å². The number of benzene rings is 1. The van der Waals surface area contributed by atoms with E-state index in [9.17, 15) is 18.0 Å². The number of hydrogen-bond acceptors (Lipinski definition) is 4. The van der Waals surface area contributed by atoms with Crippen molar-refractivity contribution in [3.8, 4) is 11.5 Å². The highest BCUT2D eigenvalue weighted by Gasteiger charge is 2.31. The van der Waals surface area contributed by atoms with Crippen LogP contribution in [0.4, 0.5) is 13.2 Å². The van der Waals surface area contributed by atoms with Gasteiger partial charge in [0.25, 0.3) is 5.91 Å². The van der Waals surface area contributed by atoms with Crippen LogP contribution in [-0.4, -0.2) is 18.4 Å². The Hall–Kier alpha value is -1.96. The van der Waals surface area contributed by atoms with Gasteiger partial charge in [-0.05, 0) is 30.7 Å². The van der Waals surface area contributed by atoms with E-state index in [1.165, 1.54) is 12.1 Å². The molecule has 0 radical (unpaired) electrons. The van der Waals surface area contributed by atoms with Gasteiger partial charge in [0.15, 0.2) is 6.10 Å². The van der Waals surface area contributed by atoms with Crippen LogP contribution >= 0.6 is 0 Å². The van der Waals surface area contributed by atoms with Crippen molar-refractivity contribution in [2.24, 2.45) is 5.84 Å². The van der Waals surface area contributed by atoms with E-state index in [0.29, 0.717) is 12.8 Å². The molecule has 1 aromatic rings. The van der Waals surface area contributed by atoms with Crippen LogP contribution in [-0.2, 0) is 4.79 Å². The number of carbonyl (C=O) groups is 1. The molecule has 8 heteroatoms. The summed E-state index contributed by atoms with van der Waals surface area (Å²) in [6.07, 6.45) is -4.41. The fourth-order valence-corrected chi connectivity index (χ4v) is 1.48. The van der Waals surface area contributed by atoms with Crippen molar-refractivity contribution in [2.45, 2.75) is 32.2 Å². The summed E-state index contributed by atoms with van der Waals surface area (Å²) in [5, 5.41) is 0. The molecule has 1 unspecified atom stereocenters. The van der Waals surface area contributed by atoms with Gasteiger partial charge in [0.2, 0.25) is 0 Å². The van der Waals surface area contributed by atoms with Crippen molar-refractivity contribution >= 4 is 5.91 Å². The Morgan fingerprint density at radius 1 is 1.30 bits per heavy atom. The highest BCUT2D eigenvalue weighted by Crippen LogP contribution is 2.25. The quantitative estimate of drug-likeness (QED) is 0.478. The molecule has 1 rings (SSSR count). The molecule has 1 aromatic carbocycles. The van der Waals surface area contributed by atoms with Gasteiger partial charge < -0.3 is 9.47 Å². The predicted octanol–water partition coefficient (Wildman–Crippen LogP) is 2.12. The van der Waals surface area contributed by atoms with Gasteiger partial charge in [0.1, 0.15) is 11.5 Å². The van der Waals surface area contributed by atoms with Crippen LogP contribution in [0.5, 0.6) is 11.5 Å². The lowest BCUT2D eigenvalue weighted by Gasteiger charge is -2.17. The van der Waals surface area contributed by atoms with Crippen molar-refractivity contribution in [2.75, 3.05) is 0 Å². The molecule has 0 aromatic heterocycles. The summed E-state index contributed by atoms with van der Waals surface area (Å²) in [6, 6.07) is 4.78. The Bertz CT molecular complexity index is 435. The fourth-order valence-electron chi connectivity index (χ4n) is 1.48. The second-order valence-electron chi connectivity index (χ2n) is 3.92. The number of rotatable bonds is 6. The SMILES string of the molecule is CCCC(Oc1ccc(OC(F)(F)F)cc1)C(=O)NN. The van der Waals surface area contributed by atoms with Crippen LogP contribution < -0.4 is 20.7 Å². The van der Waals surface area contributed by atoms with E-state index in [2.05, 4.69) is 4.74 Å². The summed E-state index contributed by atoms with van der Waals surface area (Å²) < 4.78 is 45.0. The first-order valence-electron chi connectivity index (χ1n) is 5.88. The minimum absolute atomic E-state index is 0.251. The van der Waals surface area contributed by atoms with Crippen molar-refractivity contribution in [1.29, 1.82) is 0 Å². The van der Waals surface area contributed by atoms with E-state index in [-0.39, 0.29) is 11.5 Å². The lowest BCUT2D eigenvalue weighted by molar-refractivity contribution is -0.274. The molecule has 1 atom stereocenters. The zero-order valence-electron chi connectivity index (χ0n) is 10.7. The average molecular weight is 292 g/mol. The molecule has 0 aliphatic heterocycles. The molecular weight excluding hydrogens is 277 g/mol. The van der Waals surface area contributed by atoms with Gasteiger partial charge in [-0.15, -0.1) is 13.2 Å². The summed E-state index contributed by atoms with van der Waals surface area (Å²) >= 11 is 0. The van der Waals surface area contributed by atoms with Crippen LogP contribution in [0.25, 0.3) is 0 Å². The molecule has 0 heterocycles. The maximum atomic E-state index is 12.0. The standard InChI is InChI=1S/C12H15F3N2O3/c1-2-3-10(11(18)17-16)19-8-4-6-9(7-5-8)20-12(13,14)15/h4-7,10H,2-3,16H2,1H3,(H,17,18). The van der Waals surface area contributed by atoms with Crippen LogP contribution in [0.1, 0.15) is 19.8 Å². The van der Waals surface area contributed by atoms with Gasteiger partial charge in [-0.1, -0.05) is 13.3 Å². The van der Waals surface area contributed by atoms with Crippen LogP contribution in [0.15, 0.2) is 24.3 Å². The van der Waals surface area contributed by atoms with E-state index in [1.54, 1.807) is 0 Å². The van der Waals surface area contributed by atoms with Crippen molar-refractivity contribution in [3.63, 3.8) is 0 Å². The molecule has 5 nitrogen and oxygen atoms in total. The maximum absolute atomic E-state index is 12.0. The first kappa shape index (κ1) is 16.1. The highest BCUT2D eigenvalue weighted by molar-refractivity contribution is 5.80. The van der Waals surface area contributed by atoms with Gasteiger partial charge in [0.05, 0.1) is 0 Å². The molecule has 0 aliphatic carbocycles. The number of hydrazine groups is 1. The van der Waals surface area contributed by atoms with Crippen molar-refractivity contribution < 1.29 is 27.4 Å². The average Bonchev–Trinajstić information content (AvgIpc) is 2.38. The largest absolute Gasteiger partial charge is 0.573 e. The summed E-state index contributed by atoms with van der Waals surface area (Å²) in [5.74, 6) is 4.42. The number of amides is 1. The molecule has 0 saturated heterocycles. The van der Waals surface area contributed by atoms with Gasteiger partial charge in [0, 0.05) is 0 Å². The fraction of sp³-hybridized carbons (Fsp3) is 0.417. The lowest BCUT2D eigenvalue weighted by Crippen LogP contribution is -2.42. The number of alkyl halides is 3. The number of ether oxygens (including phenoxy) is 2. The first-order chi connectivity index (χ1) is 9.35. The Morgan fingerprint density at radius 3 is 2.30 bits per heavy atom. The van der Waals surface area contributed by atoms with Crippen LogP contribution in [0.3, 0.4) is 0 Å². The van der Waals surface area contributed by atoms with E-state index in [0.717, 1.165) is 12.1 Å². The number of halogens is 3. The third kappa shape index (κ3) is 5.35. The molecule has 0 bridgehead atoms. The number of hydrogen-bond donors (Lipinski definition) is 2. The second kappa shape index (κ2) is 6.99. The summed E-state index contributed by atoms with van der Waals surface area (Å²) in [5.41, 5.74) is 1.98. The van der Waals surface area contributed by atoms with Gasteiger partial charge in [-0.25, -0.2) is 5.84 Å². The normalized spacial score (nSPS) is 12.7. The van der Waals surface area contributed by atoms with E-state index >= 15 is 0 Å². The van der Waals surface area contributed by atoms with Gasteiger partial charge in [-0.2, -0.15) is 0 Å². The second-order valence-corrected chi connectivity index (χ2v) is 3.92. The zero-order chi connectivity index (χ0) is 15.2.